The van der Waals surface area contributed by atoms with Gasteiger partial charge in [0.15, 0.2) is 5.16 Å². The number of nitrogens with zero attached hydrogens (tertiary/aromatic N) is 2. The van der Waals surface area contributed by atoms with Crippen LogP contribution in [0.15, 0.2) is 47.6 Å². The molecule has 1 aliphatic heterocycles. The first kappa shape index (κ1) is 28.3. The number of carboxylic acids is 1. The van der Waals surface area contributed by atoms with Gasteiger partial charge in [-0.3, -0.25) is 15.6 Å². The van der Waals surface area contributed by atoms with E-state index in [-0.39, 0.29) is 36.8 Å². The zero-order valence-electron chi connectivity index (χ0n) is 19.0. The Morgan fingerprint density at radius 1 is 1.20 bits per heavy atom. The first-order chi connectivity index (χ1) is 15.8. The zero-order valence-corrected chi connectivity index (χ0v) is 21.4. The minimum Gasteiger partial charge on any atom is -0.490 e. The van der Waals surface area contributed by atoms with Gasteiger partial charge in [-0.1, -0.05) is 23.9 Å². The summed E-state index contributed by atoms with van der Waals surface area (Å²) in [4.78, 5) is 21.6. The molecule has 0 amide bonds. The second-order valence-electron chi connectivity index (χ2n) is 7.98. The Bertz CT molecular complexity index is 1200. The number of fused-ring (bicyclic) bond motifs is 1. The van der Waals surface area contributed by atoms with Crippen LogP contribution in [0.2, 0.25) is 0 Å². The Hall–Kier alpha value is -2.95. The third kappa shape index (κ3) is 6.81. The minimum atomic E-state index is -0.965. The summed E-state index contributed by atoms with van der Waals surface area (Å²) in [7, 11) is 0. The van der Waals surface area contributed by atoms with Crippen molar-refractivity contribution in [2.45, 2.75) is 36.3 Å². The number of aliphatic carboxylic acids is 1. The van der Waals surface area contributed by atoms with Crippen LogP contribution < -0.4 is 10.5 Å². The van der Waals surface area contributed by atoms with Crippen molar-refractivity contribution in [2.75, 3.05) is 13.1 Å². The van der Waals surface area contributed by atoms with E-state index >= 15 is 0 Å². The number of ether oxygens (including phenoxy) is 1. The lowest BCUT2D eigenvalue weighted by atomic mass is 10.1. The molecule has 0 aliphatic carbocycles. The van der Waals surface area contributed by atoms with E-state index in [1.165, 1.54) is 0 Å². The standard InChI is InChI=1S/C23H26N6O3S.2ClH/c1-13(24)29-10-8-17(9-11-29)32-16-5-2-14(3-6-16)20(22(30)31)33-23-27-18-7-4-15(21(25)26)12-19(18)28-23;;/h2-7,12,17,20,24H,8-11H2,1H3,(H3,25,26)(H,27,28)(H,30,31);2*1H. The third-order valence-electron chi connectivity index (χ3n) is 5.63. The highest BCUT2D eigenvalue weighted by molar-refractivity contribution is 8.00. The van der Waals surface area contributed by atoms with Gasteiger partial charge in [-0.25, -0.2) is 4.98 Å². The molecule has 1 atom stereocenters. The van der Waals surface area contributed by atoms with Crippen LogP contribution in [0.4, 0.5) is 0 Å². The summed E-state index contributed by atoms with van der Waals surface area (Å²) >= 11 is 1.12. The lowest BCUT2D eigenvalue weighted by Gasteiger charge is -2.32. The van der Waals surface area contributed by atoms with Gasteiger partial charge in [-0.05, 0) is 42.8 Å². The number of carboxylic acid groups (broad SMARTS) is 1. The summed E-state index contributed by atoms with van der Waals surface area (Å²) in [6, 6.07) is 12.3. The van der Waals surface area contributed by atoms with Crippen LogP contribution in [-0.4, -0.2) is 56.8 Å². The molecular formula is C23H28Cl2N6O3S. The molecule has 1 aromatic heterocycles. The predicted octanol–water partition coefficient (Wildman–Crippen LogP) is 4.45. The van der Waals surface area contributed by atoms with Crippen LogP contribution in [0.5, 0.6) is 5.75 Å². The van der Waals surface area contributed by atoms with Crippen LogP contribution in [0, 0.1) is 10.8 Å². The maximum Gasteiger partial charge on any atom is 0.321 e. The van der Waals surface area contributed by atoms with Crippen molar-refractivity contribution in [1.82, 2.24) is 14.9 Å². The van der Waals surface area contributed by atoms with E-state index in [0.717, 1.165) is 37.7 Å². The fourth-order valence-electron chi connectivity index (χ4n) is 3.80. The number of carbonyl (C=O) groups is 1. The lowest BCUT2D eigenvalue weighted by Crippen LogP contribution is -2.40. The van der Waals surface area contributed by atoms with Crippen LogP contribution >= 0.6 is 36.6 Å². The SMILES string of the molecule is CC(=N)N1CCC(Oc2ccc(C(Sc3nc4ccc(C(=N)N)cc4[nH]3)C(=O)O)cc2)CC1.Cl.Cl. The van der Waals surface area contributed by atoms with Crippen molar-refractivity contribution < 1.29 is 14.6 Å². The Labute approximate surface area is 219 Å². The molecule has 4 rings (SSSR count). The van der Waals surface area contributed by atoms with Gasteiger partial charge in [0.1, 0.15) is 22.9 Å². The number of amidine groups is 2. The van der Waals surface area contributed by atoms with Gasteiger partial charge in [-0.2, -0.15) is 0 Å². The van der Waals surface area contributed by atoms with Crippen LogP contribution in [-0.2, 0) is 4.79 Å². The highest BCUT2D eigenvalue weighted by atomic mass is 35.5. The number of aromatic nitrogens is 2. The van der Waals surface area contributed by atoms with Crippen molar-refractivity contribution in [2.24, 2.45) is 5.73 Å². The molecule has 1 unspecified atom stereocenters. The molecule has 1 aliphatic rings. The molecule has 3 aromatic rings. The number of nitrogen functional groups attached to an aromatic ring is 1. The molecule has 12 heteroatoms. The third-order valence-corrected chi connectivity index (χ3v) is 6.75. The highest BCUT2D eigenvalue weighted by Crippen LogP contribution is 2.36. The predicted molar refractivity (Wildman–Crippen MR) is 143 cm³/mol. The van der Waals surface area contributed by atoms with Crippen LogP contribution in [0.1, 0.15) is 36.1 Å². The summed E-state index contributed by atoms with van der Waals surface area (Å²) in [5.74, 6) is 0.284. The molecule has 2 aromatic carbocycles. The largest absolute Gasteiger partial charge is 0.490 e. The zero-order chi connectivity index (χ0) is 23.5. The Morgan fingerprint density at radius 3 is 2.43 bits per heavy atom. The number of piperidine rings is 1. The van der Waals surface area contributed by atoms with Crippen molar-refractivity contribution in [3.05, 3.63) is 53.6 Å². The fraction of sp³-hybridized carbons (Fsp3) is 0.304. The van der Waals surface area contributed by atoms with Crippen molar-refractivity contribution in [3.8, 4) is 5.75 Å². The molecule has 1 fully saturated rings. The number of imidazole rings is 1. The molecule has 6 N–H and O–H groups in total. The first-order valence-corrected chi connectivity index (χ1v) is 11.5. The Balaban J connectivity index is 0.00000216. The average Bonchev–Trinajstić information content (AvgIpc) is 3.20. The van der Waals surface area contributed by atoms with Gasteiger partial charge in [-0.15, -0.1) is 24.8 Å². The molecule has 1 saturated heterocycles. The number of thioether (sulfide) groups is 1. The second-order valence-corrected chi connectivity index (χ2v) is 9.08. The number of halogens is 2. The van der Waals surface area contributed by atoms with Gasteiger partial charge in [0, 0.05) is 31.5 Å². The average molecular weight is 539 g/mol. The van der Waals surface area contributed by atoms with Gasteiger partial charge < -0.3 is 25.5 Å². The summed E-state index contributed by atoms with van der Waals surface area (Å²) in [6.07, 6.45) is 1.79. The molecular weight excluding hydrogens is 511 g/mol. The van der Waals surface area contributed by atoms with Gasteiger partial charge in [0.2, 0.25) is 0 Å². The van der Waals surface area contributed by atoms with E-state index in [9.17, 15) is 9.90 Å². The molecule has 0 bridgehead atoms. The highest BCUT2D eigenvalue weighted by Gasteiger charge is 2.24. The number of benzene rings is 2. The monoisotopic (exact) mass is 538 g/mol. The molecule has 188 valence electrons. The molecule has 0 radical (unpaired) electrons. The van der Waals surface area contributed by atoms with Crippen LogP contribution in [0.25, 0.3) is 11.0 Å². The molecule has 0 spiro atoms. The van der Waals surface area contributed by atoms with Crippen molar-refractivity contribution >= 4 is 65.2 Å². The van der Waals surface area contributed by atoms with E-state index in [0.29, 0.717) is 38.9 Å². The maximum absolute atomic E-state index is 12.0. The number of likely N-dealkylation sites (tertiary alicyclic amines) is 1. The lowest BCUT2D eigenvalue weighted by molar-refractivity contribution is -0.136. The Morgan fingerprint density at radius 2 is 1.86 bits per heavy atom. The van der Waals surface area contributed by atoms with Gasteiger partial charge in [0.05, 0.1) is 16.9 Å². The topological polar surface area (TPSA) is 152 Å². The van der Waals surface area contributed by atoms with E-state index in [4.69, 9.17) is 21.3 Å². The van der Waals surface area contributed by atoms with E-state index in [2.05, 4.69) is 9.97 Å². The van der Waals surface area contributed by atoms with Crippen molar-refractivity contribution in [3.63, 3.8) is 0 Å². The summed E-state index contributed by atoms with van der Waals surface area (Å²) in [5.41, 5.74) is 8.13. The van der Waals surface area contributed by atoms with Crippen LogP contribution in [0.3, 0.4) is 0 Å². The number of aromatic amines is 1. The fourth-order valence-corrected chi connectivity index (χ4v) is 4.74. The smallest absolute Gasteiger partial charge is 0.321 e. The molecule has 0 saturated carbocycles. The molecule has 9 nitrogen and oxygen atoms in total. The maximum atomic E-state index is 12.0. The normalized spacial score (nSPS) is 14.5. The second kappa shape index (κ2) is 12.1. The quantitative estimate of drug-likeness (QED) is 0.169. The van der Waals surface area contributed by atoms with Gasteiger partial charge in [0.25, 0.3) is 0 Å². The number of nitrogens with two attached hydrogens (primary N) is 1. The number of nitrogens with one attached hydrogen (secondary N) is 3. The minimum absolute atomic E-state index is 0. The number of hydrogen-bond acceptors (Lipinski definition) is 6. The first-order valence-electron chi connectivity index (χ1n) is 10.6. The van der Waals surface area contributed by atoms with Crippen molar-refractivity contribution in [1.29, 1.82) is 10.8 Å². The van der Waals surface area contributed by atoms with Gasteiger partial charge >= 0.3 is 5.97 Å². The summed E-state index contributed by atoms with van der Waals surface area (Å²) in [6.45, 7) is 3.41. The van der Waals surface area contributed by atoms with E-state index < -0.39 is 11.2 Å². The summed E-state index contributed by atoms with van der Waals surface area (Å²) in [5, 5.41) is 24.7. The summed E-state index contributed by atoms with van der Waals surface area (Å²) < 4.78 is 6.07. The number of hydrogen-bond donors (Lipinski definition) is 5. The van der Waals surface area contributed by atoms with E-state index in [1.807, 2.05) is 4.90 Å². The molecule has 35 heavy (non-hydrogen) atoms. The van der Waals surface area contributed by atoms with E-state index in [1.54, 1.807) is 49.4 Å². The number of rotatable bonds is 7. The molecule has 2 heterocycles. The number of H-pyrrole nitrogens is 1. The Kier molecular flexibility index (Phi) is 9.82.